The number of carbonyl (C=O) groups excluding carboxylic acids is 1. The summed E-state index contributed by atoms with van der Waals surface area (Å²) in [6.45, 7) is 5.93. The van der Waals surface area contributed by atoms with Gasteiger partial charge in [0.15, 0.2) is 5.76 Å². The van der Waals surface area contributed by atoms with Gasteiger partial charge in [-0.05, 0) is 32.8 Å². The van der Waals surface area contributed by atoms with Gasteiger partial charge < -0.3 is 4.42 Å². The maximum Gasteiger partial charge on any atom is 0.307 e. The van der Waals surface area contributed by atoms with Crippen molar-refractivity contribution in [3.05, 3.63) is 35.6 Å². The number of unbranched alkanes of at least 4 members (excludes halogenated alkanes) is 1. The summed E-state index contributed by atoms with van der Waals surface area (Å²) in [6, 6.07) is 7.62. The lowest BCUT2D eigenvalue weighted by molar-refractivity contribution is 0.0928. The highest BCUT2D eigenvalue weighted by molar-refractivity contribution is 5.99. The number of hydrogen-bond acceptors (Lipinski definition) is 3. The molecule has 0 aliphatic heterocycles. The third kappa shape index (κ3) is 3.07. The van der Waals surface area contributed by atoms with Crippen LogP contribution in [0.15, 0.2) is 33.8 Å². The second-order valence-electron chi connectivity index (χ2n) is 4.94. The standard InChI is InChI=1S/C16H20N2O2/c1-4-5-8-11(2)17-18-16(19)15-12(3)13-9-6-7-10-14(13)20-15/h6-7,9-10H,4-5,8H2,1-3H3,(H,18,19)/b17-11-. The zero-order valence-electron chi connectivity index (χ0n) is 12.2. The van der Waals surface area contributed by atoms with Gasteiger partial charge in [-0.2, -0.15) is 5.10 Å². The fraction of sp³-hybridized carbons (Fsp3) is 0.375. The van der Waals surface area contributed by atoms with E-state index in [0.29, 0.717) is 5.76 Å². The van der Waals surface area contributed by atoms with Crippen molar-refractivity contribution < 1.29 is 9.21 Å². The normalized spacial score (nSPS) is 11.8. The predicted molar refractivity (Wildman–Crippen MR) is 81.1 cm³/mol. The molecule has 0 aliphatic carbocycles. The van der Waals surface area contributed by atoms with Crippen LogP contribution in [0.2, 0.25) is 0 Å². The van der Waals surface area contributed by atoms with E-state index in [9.17, 15) is 4.79 Å². The molecule has 0 unspecified atom stereocenters. The number of nitrogens with one attached hydrogen (secondary N) is 1. The third-order valence-electron chi connectivity index (χ3n) is 3.29. The SMILES string of the molecule is CCCC/C(C)=N\NC(=O)c1oc2ccccc2c1C. The molecule has 0 spiro atoms. The van der Waals surface area contributed by atoms with Crippen LogP contribution in [0.1, 0.15) is 49.2 Å². The number of amides is 1. The van der Waals surface area contributed by atoms with Crippen LogP contribution in [0.5, 0.6) is 0 Å². The summed E-state index contributed by atoms with van der Waals surface area (Å²) in [5, 5.41) is 5.07. The van der Waals surface area contributed by atoms with Gasteiger partial charge in [-0.25, -0.2) is 5.43 Å². The number of carbonyl (C=O) groups is 1. The van der Waals surface area contributed by atoms with E-state index in [0.717, 1.165) is 41.5 Å². The molecular weight excluding hydrogens is 252 g/mol. The molecule has 2 aromatic rings. The molecule has 0 radical (unpaired) electrons. The first-order chi connectivity index (χ1) is 9.63. The third-order valence-corrected chi connectivity index (χ3v) is 3.29. The van der Waals surface area contributed by atoms with E-state index < -0.39 is 0 Å². The number of nitrogens with zero attached hydrogens (tertiary/aromatic N) is 1. The van der Waals surface area contributed by atoms with Crippen molar-refractivity contribution in [2.24, 2.45) is 5.10 Å². The highest BCUT2D eigenvalue weighted by atomic mass is 16.3. The monoisotopic (exact) mass is 272 g/mol. The van der Waals surface area contributed by atoms with Crippen LogP contribution in [0, 0.1) is 6.92 Å². The molecule has 4 heteroatoms. The number of hydrogen-bond donors (Lipinski definition) is 1. The number of aryl methyl sites for hydroxylation is 1. The fourth-order valence-electron chi connectivity index (χ4n) is 2.08. The summed E-state index contributed by atoms with van der Waals surface area (Å²) in [4.78, 5) is 12.1. The van der Waals surface area contributed by atoms with Gasteiger partial charge in [-0.15, -0.1) is 0 Å². The summed E-state index contributed by atoms with van der Waals surface area (Å²) in [5.74, 6) is 0.0350. The van der Waals surface area contributed by atoms with Gasteiger partial charge in [0.25, 0.3) is 0 Å². The molecule has 0 aliphatic rings. The molecule has 0 saturated carbocycles. The Kier molecular flexibility index (Phi) is 4.56. The summed E-state index contributed by atoms with van der Waals surface area (Å²) in [5.41, 5.74) is 5.06. The smallest absolute Gasteiger partial charge is 0.307 e. The van der Waals surface area contributed by atoms with E-state index in [4.69, 9.17) is 4.42 Å². The highest BCUT2D eigenvalue weighted by Crippen LogP contribution is 2.24. The zero-order chi connectivity index (χ0) is 14.5. The average Bonchev–Trinajstić information content (AvgIpc) is 2.80. The maximum absolute atomic E-state index is 12.1. The Morgan fingerprint density at radius 2 is 2.10 bits per heavy atom. The van der Waals surface area contributed by atoms with Crippen LogP contribution in [0.3, 0.4) is 0 Å². The first-order valence-electron chi connectivity index (χ1n) is 6.95. The molecule has 4 nitrogen and oxygen atoms in total. The fourth-order valence-corrected chi connectivity index (χ4v) is 2.08. The Labute approximate surface area is 118 Å². The van der Waals surface area contributed by atoms with Crippen molar-refractivity contribution in [2.75, 3.05) is 0 Å². The van der Waals surface area contributed by atoms with Crippen LogP contribution in [0.25, 0.3) is 11.0 Å². The Morgan fingerprint density at radius 1 is 1.35 bits per heavy atom. The van der Waals surface area contributed by atoms with E-state index in [1.807, 2.05) is 38.1 Å². The molecule has 0 saturated heterocycles. The van der Waals surface area contributed by atoms with Crippen molar-refractivity contribution in [3.8, 4) is 0 Å². The van der Waals surface area contributed by atoms with Crippen molar-refractivity contribution in [3.63, 3.8) is 0 Å². The van der Waals surface area contributed by atoms with E-state index in [1.54, 1.807) is 0 Å². The van der Waals surface area contributed by atoms with Gasteiger partial charge in [-0.1, -0.05) is 31.5 Å². The topological polar surface area (TPSA) is 54.6 Å². The zero-order valence-corrected chi connectivity index (χ0v) is 12.2. The molecule has 0 atom stereocenters. The van der Waals surface area contributed by atoms with Crippen molar-refractivity contribution in [1.82, 2.24) is 5.43 Å². The molecule has 1 aromatic heterocycles. The van der Waals surface area contributed by atoms with Gasteiger partial charge in [0.05, 0.1) is 0 Å². The van der Waals surface area contributed by atoms with Crippen molar-refractivity contribution >= 4 is 22.6 Å². The highest BCUT2D eigenvalue weighted by Gasteiger charge is 2.16. The largest absolute Gasteiger partial charge is 0.451 e. The summed E-state index contributed by atoms with van der Waals surface area (Å²) >= 11 is 0. The van der Waals surface area contributed by atoms with Crippen LogP contribution >= 0.6 is 0 Å². The van der Waals surface area contributed by atoms with Crippen LogP contribution < -0.4 is 5.43 Å². The van der Waals surface area contributed by atoms with Crippen LogP contribution in [-0.4, -0.2) is 11.6 Å². The molecule has 0 fully saturated rings. The molecular formula is C16H20N2O2. The Bertz CT molecular complexity index is 641. The lowest BCUT2D eigenvalue weighted by atomic mass is 10.1. The van der Waals surface area contributed by atoms with Gasteiger partial charge >= 0.3 is 5.91 Å². The number of rotatable bonds is 5. The summed E-state index contributed by atoms with van der Waals surface area (Å²) in [7, 11) is 0. The second kappa shape index (κ2) is 6.37. The number of furan rings is 1. The first kappa shape index (κ1) is 14.3. The Balaban J connectivity index is 2.14. The number of para-hydroxylation sites is 1. The number of hydrazone groups is 1. The van der Waals surface area contributed by atoms with Gasteiger partial charge in [-0.3, -0.25) is 4.79 Å². The Morgan fingerprint density at radius 3 is 2.80 bits per heavy atom. The summed E-state index contributed by atoms with van der Waals surface area (Å²) < 4.78 is 5.59. The summed E-state index contributed by atoms with van der Waals surface area (Å²) in [6.07, 6.45) is 3.09. The molecule has 1 heterocycles. The molecule has 2 rings (SSSR count). The molecule has 20 heavy (non-hydrogen) atoms. The minimum absolute atomic E-state index is 0.297. The lowest BCUT2D eigenvalue weighted by Crippen LogP contribution is -2.19. The van der Waals surface area contributed by atoms with Crippen LogP contribution in [-0.2, 0) is 0 Å². The molecule has 0 bridgehead atoms. The molecule has 1 amide bonds. The van der Waals surface area contributed by atoms with Gasteiger partial charge in [0.1, 0.15) is 5.58 Å². The molecule has 1 aromatic carbocycles. The van der Waals surface area contributed by atoms with E-state index in [2.05, 4.69) is 17.5 Å². The Hall–Kier alpha value is -2.10. The van der Waals surface area contributed by atoms with Crippen molar-refractivity contribution in [2.45, 2.75) is 40.0 Å². The number of benzene rings is 1. The van der Waals surface area contributed by atoms with Crippen molar-refractivity contribution in [1.29, 1.82) is 0 Å². The van der Waals surface area contributed by atoms with E-state index in [-0.39, 0.29) is 5.91 Å². The molecule has 106 valence electrons. The predicted octanol–water partition coefficient (Wildman–Crippen LogP) is 4.04. The minimum atomic E-state index is -0.297. The lowest BCUT2D eigenvalue weighted by Gasteiger charge is -2.00. The first-order valence-corrected chi connectivity index (χ1v) is 6.95. The van der Waals surface area contributed by atoms with Gasteiger partial charge in [0, 0.05) is 16.7 Å². The average molecular weight is 272 g/mol. The molecule has 1 N–H and O–H groups in total. The number of fused-ring (bicyclic) bond motifs is 1. The van der Waals surface area contributed by atoms with E-state index in [1.165, 1.54) is 0 Å². The second-order valence-corrected chi connectivity index (χ2v) is 4.94. The maximum atomic E-state index is 12.1. The van der Waals surface area contributed by atoms with E-state index >= 15 is 0 Å². The quantitative estimate of drug-likeness (QED) is 0.659. The van der Waals surface area contributed by atoms with Gasteiger partial charge in [0.2, 0.25) is 0 Å². The van der Waals surface area contributed by atoms with Crippen LogP contribution in [0.4, 0.5) is 0 Å². The minimum Gasteiger partial charge on any atom is -0.451 e.